The van der Waals surface area contributed by atoms with Crippen molar-refractivity contribution in [3.63, 3.8) is 0 Å². The molecule has 0 radical (unpaired) electrons. The Morgan fingerprint density at radius 2 is 1.50 bits per heavy atom. The largest absolute Gasteiger partial charge is 0.508 e. The van der Waals surface area contributed by atoms with E-state index in [0.29, 0.717) is 33.4 Å². The Bertz CT molecular complexity index is 1280. The van der Waals surface area contributed by atoms with Gasteiger partial charge in [-0.3, -0.25) is 9.59 Å². The van der Waals surface area contributed by atoms with Gasteiger partial charge in [0, 0.05) is 28.8 Å². The molecule has 4 aromatic rings. The molecule has 0 saturated heterocycles. The van der Waals surface area contributed by atoms with E-state index in [1.54, 1.807) is 12.1 Å². The third kappa shape index (κ3) is 2.02. The second kappa shape index (κ2) is 5.17. The number of phenols is 1. The lowest BCUT2D eigenvalue weighted by Gasteiger charge is -2.06. The lowest BCUT2D eigenvalue weighted by molar-refractivity contribution is 0.104. The molecular formula is C22H12O4. The minimum atomic E-state index is -0.182. The monoisotopic (exact) mass is 340 g/mol. The van der Waals surface area contributed by atoms with E-state index in [-0.39, 0.29) is 17.0 Å². The third-order valence-electron chi connectivity index (χ3n) is 4.72. The molecule has 0 aliphatic heterocycles. The molecule has 1 aliphatic carbocycles. The number of aromatic hydroxyl groups is 1. The van der Waals surface area contributed by atoms with Crippen LogP contribution in [-0.4, -0.2) is 10.9 Å². The van der Waals surface area contributed by atoms with Crippen LogP contribution in [0.2, 0.25) is 0 Å². The lowest BCUT2D eigenvalue weighted by atomic mass is 10.0. The predicted octanol–water partition coefficient (Wildman–Crippen LogP) is 4.38. The quantitative estimate of drug-likeness (QED) is 0.492. The number of benzene rings is 3. The normalized spacial score (nSPS) is 12.2. The first kappa shape index (κ1) is 14.7. The van der Waals surface area contributed by atoms with E-state index in [9.17, 15) is 14.7 Å². The molecular weight excluding hydrogens is 328 g/mol. The van der Waals surface area contributed by atoms with Crippen LogP contribution in [0.15, 0.2) is 75.9 Å². The number of hydrogen-bond acceptors (Lipinski definition) is 4. The van der Waals surface area contributed by atoms with E-state index in [0.717, 1.165) is 11.1 Å². The van der Waals surface area contributed by atoms with Gasteiger partial charge in [-0.15, -0.1) is 0 Å². The van der Waals surface area contributed by atoms with Crippen molar-refractivity contribution in [2.24, 2.45) is 0 Å². The second-order valence-electron chi connectivity index (χ2n) is 6.29. The molecule has 0 amide bonds. The lowest BCUT2D eigenvalue weighted by Crippen LogP contribution is -2.00. The third-order valence-corrected chi connectivity index (χ3v) is 4.72. The zero-order chi connectivity index (χ0) is 17.8. The molecule has 1 aromatic heterocycles. The highest BCUT2D eigenvalue weighted by molar-refractivity contribution is 6.22. The summed E-state index contributed by atoms with van der Waals surface area (Å²) in [4.78, 5) is 24.9. The highest BCUT2D eigenvalue weighted by Crippen LogP contribution is 2.38. The Kier molecular flexibility index (Phi) is 2.91. The Morgan fingerprint density at radius 1 is 0.731 bits per heavy atom. The second-order valence-corrected chi connectivity index (χ2v) is 6.29. The predicted molar refractivity (Wildman–Crippen MR) is 98.5 cm³/mol. The van der Waals surface area contributed by atoms with Crippen LogP contribution in [0.5, 0.6) is 5.75 Å². The fraction of sp³-hybridized carbons (Fsp3) is 0. The first-order valence-electron chi connectivity index (χ1n) is 8.17. The summed E-state index contributed by atoms with van der Waals surface area (Å²) in [6.07, 6.45) is 0. The molecule has 5 rings (SSSR count). The number of phenolic OH excluding ortho intramolecular Hbond substituents is 1. The molecule has 124 valence electrons. The van der Waals surface area contributed by atoms with Crippen molar-refractivity contribution < 1.29 is 14.3 Å². The fourth-order valence-electron chi connectivity index (χ4n) is 3.47. The number of carbonyl (C=O) groups is 1. The number of fused-ring (bicyclic) bond motifs is 4. The SMILES string of the molecule is O=C1c2ccccc2-c2cc(-c3cc(=O)c4ccc(O)cc4o3)ccc21. The minimum absolute atomic E-state index is 0.00652. The Hall–Kier alpha value is -3.66. The van der Waals surface area contributed by atoms with Gasteiger partial charge in [0.25, 0.3) is 0 Å². The summed E-state index contributed by atoms with van der Waals surface area (Å²) >= 11 is 0. The highest BCUT2D eigenvalue weighted by Gasteiger charge is 2.26. The molecule has 1 N–H and O–H groups in total. The van der Waals surface area contributed by atoms with Gasteiger partial charge in [0.1, 0.15) is 17.1 Å². The molecule has 0 bridgehead atoms. The molecule has 3 aromatic carbocycles. The maximum Gasteiger partial charge on any atom is 0.194 e. The van der Waals surface area contributed by atoms with Gasteiger partial charge in [0.15, 0.2) is 11.2 Å². The molecule has 0 saturated carbocycles. The van der Waals surface area contributed by atoms with Crippen LogP contribution in [0, 0.1) is 0 Å². The Morgan fingerprint density at radius 3 is 2.35 bits per heavy atom. The van der Waals surface area contributed by atoms with Crippen LogP contribution in [0.4, 0.5) is 0 Å². The van der Waals surface area contributed by atoms with Crippen LogP contribution in [0.3, 0.4) is 0 Å². The van der Waals surface area contributed by atoms with Gasteiger partial charge in [0.05, 0.1) is 5.39 Å². The zero-order valence-corrected chi connectivity index (χ0v) is 13.5. The van der Waals surface area contributed by atoms with Crippen molar-refractivity contribution in [2.75, 3.05) is 0 Å². The average molecular weight is 340 g/mol. The molecule has 4 heteroatoms. The zero-order valence-electron chi connectivity index (χ0n) is 13.5. The van der Waals surface area contributed by atoms with E-state index >= 15 is 0 Å². The molecule has 1 aliphatic rings. The van der Waals surface area contributed by atoms with Crippen molar-refractivity contribution in [3.8, 4) is 28.2 Å². The molecule has 0 spiro atoms. The van der Waals surface area contributed by atoms with Crippen molar-refractivity contribution in [2.45, 2.75) is 0 Å². The van der Waals surface area contributed by atoms with Crippen LogP contribution < -0.4 is 5.43 Å². The van der Waals surface area contributed by atoms with Crippen LogP contribution in [0.1, 0.15) is 15.9 Å². The van der Waals surface area contributed by atoms with Gasteiger partial charge in [-0.2, -0.15) is 0 Å². The van der Waals surface area contributed by atoms with E-state index in [2.05, 4.69) is 0 Å². The van der Waals surface area contributed by atoms with Crippen LogP contribution >= 0.6 is 0 Å². The van der Waals surface area contributed by atoms with E-state index in [1.807, 2.05) is 30.3 Å². The molecule has 1 heterocycles. The summed E-state index contributed by atoms with van der Waals surface area (Å²) in [7, 11) is 0. The summed E-state index contributed by atoms with van der Waals surface area (Å²) in [5.41, 5.74) is 3.90. The first-order valence-corrected chi connectivity index (χ1v) is 8.17. The molecule has 0 unspecified atom stereocenters. The molecule has 26 heavy (non-hydrogen) atoms. The van der Waals surface area contributed by atoms with Crippen molar-refractivity contribution in [1.82, 2.24) is 0 Å². The van der Waals surface area contributed by atoms with Crippen molar-refractivity contribution in [3.05, 3.63) is 88.1 Å². The maximum atomic E-state index is 12.5. The summed E-state index contributed by atoms with van der Waals surface area (Å²) in [6, 6.07) is 18.7. The van der Waals surface area contributed by atoms with E-state index < -0.39 is 0 Å². The number of ketones is 1. The van der Waals surface area contributed by atoms with Gasteiger partial charge < -0.3 is 9.52 Å². The average Bonchev–Trinajstić information content (AvgIpc) is 2.94. The number of rotatable bonds is 1. The topological polar surface area (TPSA) is 67.5 Å². The summed E-state index contributed by atoms with van der Waals surface area (Å²) in [5, 5.41) is 10.1. The number of carbonyl (C=O) groups excluding carboxylic acids is 1. The van der Waals surface area contributed by atoms with Gasteiger partial charge in [0.2, 0.25) is 0 Å². The Balaban J connectivity index is 1.73. The van der Waals surface area contributed by atoms with Gasteiger partial charge in [-0.25, -0.2) is 0 Å². The van der Waals surface area contributed by atoms with Crippen LogP contribution in [-0.2, 0) is 0 Å². The van der Waals surface area contributed by atoms with Crippen LogP contribution in [0.25, 0.3) is 33.4 Å². The van der Waals surface area contributed by atoms with Gasteiger partial charge in [-0.1, -0.05) is 30.3 Å². The molecule has 0 atom stereocenters. The summed E-state index contributed by atoms with van der Waals surface area (Å²) < 4.78 is 5.84. The van der Waals surface area contributed by atoms with Gasteiger partial charge >= 0.3 is 0 Å². The first-order chi connectivity index (χ1) is 12.6. The van der Waals surface area contributed by atoms with Crippen molar-refractivity contribution in [1.29, 1.82) is 0 Å². The minimum Gasteiger partial charge on any atom is -0.508 e. The van der Waals surface area contributed by atoms with Gasteiger partial charge in [-0.05, 0) is 35.4 Å². The van der Waals surface area contributed by atoms with E-state index in [4.69, 9.17) is 4.42 Å². The fourth-order valence-corrected chi connectivity index (χ4v) is 3.47. The molecule has 4 nitrogen and oxygen atoms in total. The Labute approximate surface area is 148 Å². The maximum absolute atomic E-state index is 12.5. The van der Waals surface area contributed by atoms with Crippen molar-refractivity contribution >= 4 is 16.8 Å². The standard InChI is InChI=1S/C22H12O4/c23-13-6-8-17-19(24)11-20(26-21(17)10-13)12-5-7-16-18(9-12)14-3-1-2-4-15(14)22(16)25/h1-11,23H. The van der Waals surface area contributed by atoms with E-state index in [1.165, 1.54) is 24.3 Å². The summed E-state index contributed by atoms with van der Waals surface area (Å²) in [6.45, 7) is 0. The number of hydrogen-bond donors (Lipinski definition) is 1. The highest BCUT2D eigenvalue weighted by atomic mass is 16.3. The molecule has 0 fully saturated rings. The summed E-state index contributed by atoms with van der Waals surface area (Å²) in [5.74, 6) is 0.436. The smallest absolute Gasteiger partial charge is 0.194 e.